The van der Waals surface area contributed by atoms with Gasteiger partial charge in [-0.1, -0.05) is 12.1 Å². The summed E-state index contributed by atoms with van der Waals surface area (Å²) in [6.45, 7) is 5.51. The lowest BCUT2D eigenvalue weighted by Crippen LogP contribution is -3.29. The normalized spacial score (nSPS) is 26.9. The fraction of sp³-hybridized carbons (Fsp3) is 0.625. The van der Waals surface area contributed by atoms with Crippen LogP contribution in [0.1, 0.15) is 31.2 Å². The van der Waals surface area contributed by atoms with Crippen LogP contribution in [0.5, 0.6) is 0 Å². The van der Waals surface area contributed by atoms with E-state index in [2.05, 4.69) is 0 Å². The fourth-order valence-corrected chi connectivity index (χ4v) is 3.95. The molecule has 3 rings (SSSR count). The van der Waals surface area contributed by atoms with Gasteiger partial charge in [0.15, 0.2) is 0 Å². The van der Waals surface area contributed by atoms with Crippen LogP contribution in [0.3, 0.4) is 0 Å². The molecule has 1 heterocycles. The first-order valence-corrected chi connectivity index (χ1v) is 8.14. The zero-order valence-electron chi connectivity index (χ0n) is 12.5. The van der Waals surface area contributed by atoms with E-state index in [1.54, 1.807) is 17.0 Å². The van der Waals surface area contributed by atoms with E-state index in [0.29, 0.717) is 0 Å². The van der Waals surface area contributed by atoms with E-state index >= 15 is 0 Å². The van der Waals surface area contributed by atoms with Crippen molar-refractivity contribution in [3.8, 4) is 0 Å². The zero-order valence-corrected chi connectivity index (χ0v) is 12.5. The molecular formula is C16H25N3O2+2. The summed E-state index contributed by atoms with van der Waals surface area (Å²) in [6, 6.07) is 8.06. The van der Waals surface area contributed by atoms with Crippen LogP contribution in [0.25, 0.3) is 0 Å². The monoisotopic (exact) mass is 291 g/mol. The van der Waals surface area contributed by atoms with Gasteiger partial charge in [0, 0.05) is 6.07 Å². The maximum atomic E-state index is 11.1. The third kappa shape index (κ3) is 3.41. The number of nitro groups is 1. The summed E-state index contributed by atoms with van der Waals surface area (Å²) in [5.41, 5.74) is 1.15. The molecule has 2 aliphatic rings. The molecule has 1 aliphatic heterocycles. The first kappa shape index (κ1) is 14.5. The lowest BCUT2D eigenvalue weighted by Gasteiger charge is -2.33. The Hall–Kier alpha value is -1.46. The summed E-state index contributed by atoms with van der Waals surface area (Å²) in [6.07, 6.45) is 5.60. The molecule has 2 fully saturated rings. The van der Waals surface area contributed by atoms with E-state index in [9.17, 15) is 10.1 Å². The van der Waals surface area contributed by atoms with Gasteiger partial charge in [0.1, 0.15) is 32.7 Å². The highest BCUT2D eigenvalue weighted by molar-refractivity contribution is 5.39. The van der Waals surface area contributed by atoms with Gasteiger partial charge in [-0.15, -0.1) is 0 Å². The predicted molar refractivity (Wildman–Crippen MR) is 80.4 cm³/mol. The van der Waals surface area contributed by atoms with Gasteiger partial charge in [-0.3, -0.25) is 10.1 Å². The number of nitrogens with zero attached hydrogens (tertiary/aromatic N) is 1. The molecule has 21 heavy (non-hydrogen) atoms. The van der Waals surface area contributed by atoms with Gasteiger partial charge in [-0.25, -0.2) is 0 Å². The van der Waals surface area contributed by atoms with Crippen molar-refractivity contribution < 1.29 is 14.7 Å². The predicted octanol–water partition coefficient (Wildman–Crippen LogP) is -0.179. The lowest BCUT2D eigenvalue weighted by atomic mass is 10.1. The summed E-state index contributed by atoms with van der Waals surface area (Å²) >= 11 is 0. The highest BCUT2D eigenvalue weighted by atomic mass is 16.6. The van der Waals surface area contributed by atoms with Crippen LogP contribution in [0, 0.1) is 10.1 Å². The van der Waals surface area contributed by atoms with Crippen LogP contribution in [-0.2, 0) is 6.54 Å². The third-order valence-electron chi connectivity index (χ3n) is 5.16. The number of quaternary nitrogens is 2. The largest absolute Gasteiger partial charge is 0.323 e. The Kier molecular flexibility index (Phi) is 4.51. The summed E-state index contributed by atoms with van der Waals surface area (Å²) in [7, 11) is 0. The summed E-state index contributed by atoms with van der Waals surface area (Å²) in [5, 5.41) is 11.1. The average Bonchev–Trinajstić information content (AvgIpc) is 3.03. The first-order valence-electron chi connectivity index (χ1n) is 8.14. The molecule has 0 radical (unpaired) electrons. The first-order chi connectivity index (χ1) is 10.2. The molecule has 1 aromatic rings. The van der Waals surface area contributed by atoms with Crippen LogP contribution in [-0.4, -0.2) is 37.1 Å². The van der Waals surface area contributed by atoms with Gasteiger partial charge in [0.05, 0.1) is 16.5 Å². The topological polar surface area (TPSA) is 52.0 Å². The fourth-order valence-electron chi connectivity index (χ4n) is 3.95. The van der Waals surface area contributed by atoms with E-state index in [0.717, 1.165) is 31.2 Å². The molecule has 0 aromatic heterocycles. The molecule has 1 aliphatic carbocycles. The number of nitrogens with one attached hydrogen (secondary N) is 2. The molecule has 2 N–H and O–H groups in total. The van der Waals surface area contributed by atoms with Gasteiger partial charge >= 0.3 is 0 Å². The summed E-state index contributed by atoms with van der Waals surface area (Å²) in [4.78, 5) is 14.1. The maximum Gasteiger partial charge on any atom is 0.278 e. The molecule has 0 atom stereocenters. The Morgan fingerprint density at radius 3 is 2.43 bits per heavy atom. The zero-order chi connectivity index (χ0) is 14.7. The Balaban J connectivity index is 1.57. The second-order valence-corrected chi connectivity index (χ2v) is 6.45. The number of piperazine rings is 1. The van der Waals surface area contributed by atoms with Crippen molar-refractivity contribution in [3.05, 3.63) is 39.9 Å². The number of hydrogen-bond donors (Lipinski definition) is 2. The molecular weight excluding hydrogens is 266 g/mol. The van der Waals surface area contributed by atoms with E-state index in [4.69, 9.17) is 0 Å². The second-order valence-electron chi connectivity index (χ2n) is 6.45. The average molecular weight is 291 g/mol. The third-order valence-corrected chi connectivity index (χ3v) is 5.16. The molecule has 0 unspecified atom stereocenters. The molecule has 0 amide bonds. The van der Waals surface area contributed by atoms with Gasteiger partial charge in [0.25, 0.3) is 5.69 Å². The molecule has 114 valence electrons. The quantitative estimate of drug-likeness (QED) is 0.597. The highest BCUT2D eigenvalue weighted by Crippen LogP contribution is 2.16. The molecule has 1 saturated carbocycles. The van der Waals surface area contributed by atoms with E-state index in [1.165, 1.54) is 43.7 Å². The Morgan fingerprint density at radius 1 is 1.10 bits per heavy atom. The SMILES string of the molecule is O=[N+]([O-])c1ccccc1C[NH+]1CC[NH+](C2CCCC2)CC1. The van der Waals surface area contributed by atoms with Crippen LogP contribution >= 0.6 is 0 Å². The number of hydrogen-bond acceptors (Lipinski definition) is 2. The van der Waals surface area contributed by atoms with Gasteiger partial charge in [-0.2, -0.15) is 0 Å². The van der Waals surface area contributed by atoms with E-state index in [-0.39, 0.29) is 10.6 Å². The van der Waals surface area contributed by atoms with Crippen LogP contribution < -0.4 is 9.80 Å². The van der Waals surface area contributed by atoms with Crippen LogP contribution in [0.4, 0.5) is 5.69 Å². The molecule has 0 spiro atoms. The lowest BCUT2D eigenvalue weighted by molar-refractivity contribution is -1.03. The van der Waals surface area contributed by atoms with E-state index in [1.807, 2.05) is 12.1 Å². The molecule has 0 bridgehead atoms. The number of para-hydroxylation sites is 1. The number of rotatable bonds is 4. The Bertz CT molecular complexity index is 492. The van der Waals surface area contributed by atoms with Crippen molar-refractivity contribution in [1.82, 2.24) is 0 Å². The molecule has 5 heteroatoms. The molecule has 1 aromatic carbocycles. The van der Waals surface area contributed by atoms with Crippen molar-refractivity contribution >= 4 is 5.69 Å². The smallest absolute Gasteiger partial charge is 0.278 e. The van der Waals surface area contributed by atoms with Gasteiger partial charge < -0.3 is 9.80 Å². The van der Waals surface area contributed by atoms with Crippen molar-refractivity contribution in [1.29, 1.82) is 0 Å². The van der Waals surface area contributed by atoms with Crippen molar-refractivity contribution in [3.63, 3.8) is 0 Å². The van der Waals surface area contributed by atoms with Gasteiger partial charge in [0.2, 0.25) is 0 Å². The number of nitro benzene ring substituents is 1. The Labute approximate surface area is 125 Å². The molecule has 1 saturated heterocycles. The van der Waals surface area contributed by atoms with Crippen molar-refractivity contribution in [2.24, 2.45) is 0 Å². The maximum absolute atomic E-state index is 11.1. The molecule has 5 nitrogen and oxygen atoms in total. The van der Waals surface area contributed by atoms with Crippen LogP contribution in [0.15, 0.2) is 24.3 Å². The minimum atomic E-state index is -0.255. The van der Waals surface area contributed by atoms with E-state index < -0.39 is 0 Å². The summed E-state index contributed by atoms with van der Waals surface area (Å²) in [5.74, 6) is 0. The summed E-state index contributed by atoms with van der Waals surface area (Å²) < 4.78 is 0. The standard InChI is InChI=1S/C16H23N3O2/c20-19(21)16-8-4-1-5-14(16)13-17-9-11-18(12-10-17)15-6-2-3-7-15/h1,4-5,8,15H,2-3,6-7,9-13H2/p+2. The second kappa shape index (κ2) is 6.54. The van der Waals surface area contributed by atoms with Crippen molar-refractivity contribution in [2.75, 3.05) is 26.2 Å². The minimum Gasteiger partial charge on any atom is -0.323 e. The van der Waals surface area contributed by atoms with Gasteiger partial charge in [-0.05, 0) is 31.7 Å². The van der Waals surface area contributed by atoms with Crippen LogP contribution in [0.2, 0.25) is 0 Å². The Morgan fingerprint density at radius 2 is 1.76 bits per heavy atom. The highest BCUT2D eigenvalue weighted by Gasteiger charge is 2.31. The minimum absolute atomic E-state index is 0.255. The van der Waals surface area contributed by atoms with Crippen molar-refractivity contribution in [2.45, 2.75) is 38.3 Å². The number of benzene rings is 1.